The molecule has 5 heteroatoms. The van der Waals surface area contributed by atoms with Crippen molar-refractivity contribution in [3.8, 4) is 10.7 Å². The number of nitrogens with zero attached hydrogens (tertiary/aromatic N) is 2. The molecule has 0 amide bonds. The maximum absolute atomic E-state index is 5.41. The largest absolute Gasteiger partial charge is 0.326 e. The summed E-state index contributed by atoms with van der Waals surface area (Å²) in [6, 6.07) is 10.0. The number of rotatable bonds is 2. The highest BCUT2D eigenvalue weighted by molar-refractivity contribution is 7.13. The predicted octanol–water partition coefficient (Wildman–Crippen LogP) is 2.59. The summed E-state index contributed by atoms with van der Waals surface area (Å²) < 4.78 is 2.09. The van der Waals surface area contributed by atoms with E-state index in [9.17, 15) is 0 Å². The average Bonchev–Trinajstić information content (AvgIpc) is 2.97. The van der Waals surface area contributed by atoms with Gasteiger partial charge in [0.15, 0.2) is 5.82 Å². The number of hydrazine groups is 1. The first-order valence-corrected chi connectivity index (χ1v) is 6.14. The summed E-state index contributed by atoms with van der Waals surface area (Å²) in [5.41, 5.74) is 5.59. The smallest absolute Gasteiger partial charge is 0.150 e. The Kier molecular flexibility index (Phi) is 2.35. The number of thiophene rings is 1. The van der Waals surface area contributed by atoms with E-state index in [1.165, 1.54) is 4.88 Å². The average molecular weight is 244 g/mol. The van der Waals surface area contributed by atoms with Crippen LogP contribution in [0.3, 0.4) is 0 Å². The lowest BCUT2D eigenvalue weighted by molar-refractivity contribution is 0.963. The number of aromatic nitrogens is 2. The Balaban J connectivity index is 2.25. The van der Waals surface area contributed by atoms with Crippen molar-refractivity contribution in [3.63, 3.8) is 0 Å². The molecule has 0 bridgehead atoms. The lowest BCUT2D eigenvalue weighted by Gasteiger charge is -2.01. The minimum absolute atomic E-state index is 0.887. The highest BCUT2D eigenvalue weighted by Crippen LogP contribution is 2.28. The zero-order chi connectivity index (χ0) is 11.8. The van der Waals surface area contributed by atoms with Crippen LogP contribution in [0.1, 0.15) is 0 Å². The fourth-order valence-electron chi connectivity index (χ4n) is 1.91. The minimum atomic E-state index is 0.887. The first-order chi connectivity index (χ1) is 8.29. The van der Waals surface area contributed by atoms with Crippen LogP contribution in [0.15, 0.2) is 35.7 Å². The Morgan fingerprint density at radius 2 is 2.24 bits per heavy atom. The van der Waals surface area contributed by atoms with Gasteiger partial charge < -0.3 is 9.99 Å². The van der Waals surface area contributed by atoms with Crippen molar-refractivity contribution in [1.82, 2.24) is 9.55 Å². The number of benzene rings is 1. The van der Waals surface area contributed by atoms with Gasteiger partial charge in [0.1, 0.15) is 0 Å². The molecular weight excluding hydrogens is 232 g/mol. The maximum atomic E-state index is 5.41. The van der Waals surface area contributed by atoms with Gasteiger partial charge in [-0.2, -0.15) is 0 Å². The minimum Gasteiger partial charge on any atom is -0.326 e. The molecule has 0 aliphatic carbocycles. The molecule has 4 nitrogen and oxygen atoms in total. The number of nitrogens with one attached hydrogen (secondary N) is 1. The van der Waals surface area contributed by atoms with E-state index in [4.69, 9.17) is 5.84 Å². The Labute approximate surface area is 103 Å². The number of fused-ring (bicyclic) bond motifs is 1. The van der Waals surface area contributed by atoms with Crippen LogP contribution in [0, 0.1) is 0 Å². The molecule has 0 aliphatic heterocycles. The van der Waals surface area contributed by atoms with Gasteiger partial charge >= 0.3 is 0 Å². The molecule has 0 unspecified atom stereocenters. The molecule has 0 fully saturated rings. The molecule has 0 saturated heterocycles. The summed E-state index contributed by atoms with van der Waals surface area (Å²) >= 11 is 1.69. The zero-order valence-electron chi connectivity index (χ0n) is 9.34. The van der Waals surface area contributed by atoms with E-state index in [-0.39, 0.29) is 0 Å². The van der Waals surface area contributed by atoms with Crippen molar-refractivity contribution in [3.05, 3.63) is 35.7 Å². The van der Waals surface area contributed by atoms with Crippen molar-refractivity contribution in [2.24, 2.45) is 12.9 Å². The molecule has 1 aromatic carbocycles. The maximum Gasteiger partial charge on any atom is 0.150 e. The molecule has 3 N–H and O–H groups in total. The van der Waals surface area contributed by atoms with Gasteiger partial charge in [-0.3, -0.25) is 5.84 Å². The van der Waals surface area contributed by atoms with E-state index in [1.807, 2.05) is 31.3 Å². The molecule has 3 rings (SSSR count). The van der Waals surface area contributed by atoms with Crippen molar-refractivity contribution in [1.29, 1.82) is 0 Å². The van der Waals surface area contributed by atoms with Crippen LogP contribution in [0.25, 0.3) is 21.7 Å². The van der Waals surface area contributed by atoms with Gasteiger partial charge in [0.25, 0.3) is 0 Å². The summed E-state index contributed by atoms with van der Waals surface area (Å²) in [7, 11) is 2.02. The van der Waals surface area contributed by atoms with E-state index in [0.29, 0.717) is 0 Å². The summed E-state index contributed by atoms with van der Waals surface area (Å²) in [5.74, 6) is 6.40. The molecule has 86 valence electrons. The van der Waals surface area contributed by atoms with Crippen molar-refractivity contribution in [2.75, 3.05) is 5.43 Å². The van der Waals surface area contributed by atoms with E-state index in [1.54, 1.807) is 11.3 Å². The molecular formula is C12H12N4S. The van der Waals surface area contributed by atoms with Crippen molar-refractivity contribution >= 4 is 28.1 Å². The van der Waals surface area contributed by atoms with Crippen LogP contribution < -0.4 is 11.3 Å². The van der Waals surface area contributed by atoms with E-state index in [2.05, 4.69) is 26.4 Å². The summed E-state index contributed by atoms with van der Waals surface area (Å²) in [5, 5.41) is 2.06. The lowest BCUT2D eigenvalue weighted by atomic mass is 10.3. The molecule has 0 spiro atoms. The van der Waals surface area contributed by atoms with Crippen LogP contribution in [0.2, 0.25) is 0 Å². The number of anilines is 1. The first kappa shape index (κ1) is 10.3. The Morgan fingerprint density at radius 1 is 1.35 bits per heavy atom. The second-order valence-corrected chi connectivity index (χ2v) is 4.77. The lowest BCUT2D eigenvalue weighted by Crippen LogP contribution is -2.06. The highest BCUT2D eigenvalue weighted by atomic mass is 32.1. The third kappa shape index (κ3) is 1.60. The Hall–Kier alpha value is -1.85. The summed E-state index contributed by atoms with van der Waals surface area (Å²) in [4.78, 5) is 5.81. The van der Waals surface area contributed by atoms with Crippen LogP contribution in [-0.2, 0) is 7.05 Å². The first-order valence-electron chi connectivity index (χ1n) is 5.26. The van der Waals surface area contributed by atoms with Gasteiger partial charge in [-0.05, 0) is 29.6 Å². The summed E-state index contributed by atoms with van der Waals surface area (Å²) in [6.45, 7) is 0. The van der Waals surface area contributed by atoms with Gasteiger partial charge in [-0.1, -0.05) is 6.07 Å². The van der Waals surface area contributed by atoms with Gasteiger partial charge in [0.05, 0.1) is 21.6 Å². The third-order valence-electron chi connectivity index (χ3n) is 2.79. The van der Waals surface area contributed by atoms with Gasteiger partial charge in [-0.15, -0.1) is 11.3 Å². The molecule has 0 aliphatic rings. The molecule has 2 aromatic heterocycles. The quantitative estimate of drug-likeness (QED) is 0.538. The SMILES string of the molecule is Cn1c(-c2cccs2)nc2ccc(NN)cc21. The highest BCUT2D eigenvalue weighted by Gasteiger charge is 2.10. The number of imidazole rings is 1. The third-order valence-corrected chi connectivity index (χ3v) is 3.65. The molecule has 0 saturated carbocycles. The Bertz CT molecular complexity index is 655. The van der Waals surface area contributed by atoms with Crippen molar-refractivity contribution < 1.29 is 0 Å². The number of hydrogen-bond acceptors (Lipinski definition) is 4. The van der Waals surface area contributed by atoms with E-state index in [0.717, 1.165) is 22.5 Å². The molecule has 2 heterocycles. The van der Waals surface area contributed by atoms with Crippen LogP contribution in [0.4, 0.5) is 5.69 Å². The molecule has 3 aromatic rings. The second-order valence-electron chi connectivity index (χ2n) is 3.82. The number of hydrogen-bond donors (Lipinski definition) is 2. The Morgan fingerprint density at radius 3 is 2.94 bits per heavy atom. The van der Waals surface area contributed by atoms with Gasteiger partial charge in [0, 0.05) is 7.05 Å². The second kappa shape index (κ2) is 3.87. The van der Waals surface area contributed by atoms with E-state index < -0.39 is 0 Å². The zero-order valence-corrected chi connectivity index (χ0v) is 10.2. The molecule has 0 atom stereocenters. The fourth-order valence-corrected chi connectivity index (χ4v) is 2.65. The standard InChI is InChI=1S/C12H12N4S/c1-16-10-7-8(15-13)4-5-9(10)14-12(16)11-3-2-6-17-11/h2-7,15H,13H2,1H3. The molecule has 0 radical (unpaired) electrons. The van der Waals surface area contributed by atoms with E-state index >= 15 is 0 Å². The predicted molar refractivity (Wildman–Crippen MR) is 71.8 cm³/mol. The molecule has 17 heavy (non-hydrogen) atoms. The van der Waals surface area contributed by atoms with Crippen molar-refractivity contribution in [2.45, 2.75) is 0 Å². The monoisotopic (exact) mass is 244 g/mol. The number of nitrogen functional groups attached to an aromatic ring is 1. The fraction of sp³-hybridized carbons (Fsp3) is 0.0833. The number of aryl methyl sites for hydroxylation is 1. The summed E-state index contributed by atoms with van der Waals surface area (Å²) in [6.07, 6.45) is 0. The normalized spacial score (nSPS) is 10.9. The topological polar surface area (TPSA) is 55.9 Å². The van der Waals surface area contributed by atoms with Crippen LogP contribution in [0.5, 0.6) is 0 Å². The van der Waals surface area contributed by atoms with Gasteiger partial charge in [-0.25, -0.2) is 4.98 Å². The number of nitrogens with two attached hydrogens (primary N) is 1. The van der Waals surface area contributed by atoms with Crippen LogP contribution >= 0.6 is 11.3 Å². The van der Waals surface area contributed by atoms with Crippen LogP contribution in [-0.4, -0.2) is 9.55 Å². The van der Waals surface area contributed by atoms with Gasteiger partial charge in [0.2, 0.25) is 0 Å².